The number of carbonyl (C=O) groups excluding carboxylic acids is 2. The van der Waals surface area contributed by atoms with Gasteiger partial charge in [0, 0.05) is 0 Å². The summed E-state index contributed by atoms with van der Waals surface area (Å²) in [7, 11) is -3.74. The van der Waals surface area contributed by atoms with Gasteiger partial charge >= 0.3 is 5.97 Å². The van der Waals surface area contributed by atoms with Crippen LogP contribution in [0.25, 0.3) is 0 Å². The van der Waals surface area contributed by atoms with E-state index in [0.717, 1.165) is 16.0 Å². The molecule has 0 bridgehead atoms. The monoisotopic (exact) mass is 489 g/mol. The molecule has 0 unspecified atom stereocenters. The van der Waals surface area contributed by atoms with Crippen LogP contribution in [0.3, 0.4) is 0 Å². The van der Waals surface area contributed by atoms with Gasteiger partial charge in [-0.1, -0.05) is 91.0 Å². The molecule has 0 radical (unpaired) electrons. The maximum atomic E-state index is 13.5. The van der Waals surface area contributed by atoms with Crippen LogP contribution in [0.5, 0.6) is 0 Å². The lowest BCUT2D eigenvalue weighted by Gasteiger charge is -2.41. The number of sulfone groups is 1. The van der Waals surface area contributed by atoms with Crippen LogP contribution in [-0.2, 0) is 29.9 Å². The van der Waals surface area contributed by atoms with E-state index in [-0.39, 0.29) is 17.9 Å². The minimum atomic E-state index is -3.74. The van der Waals surface area contributed by atoms with Gasteiger partial charge in [0.25, 0.3) is 0 Å². The SMILES string of the molecule is CC(C)=C(C(=O)OC(c1ccccc1)c1ccccc1)N1C(=O)C[C@H]1S(=O)(=O)Cc1ccccc1. The third-order valence-electron chi connectivity index (χ3n) is 5.87. The third kappa shape index (κ3) is 5.35. The van der Waals surface area contributed by atoms with Crippen LogP contribution >= 0.6 is 0 Å². The zero-order valence-corrected chi connectivity index (χ0v) is 20.4. The molecule has 0 aliphatic carbocycles. The Balaban J connectivity index is 1.63. The fourth-order valence-corrected chi connectivity index (χ4v) is 5.93. The number of ether oxygens (including phenoxy) is 1. The van der Waals surface area contributed by atoms with Crippen molar-refractivity contribution in [1.29, 1.82) is 0 Å². The standard InChI is InChI=1S/C28H27NO5S/c1-20(2)26(29-24(30)18-25(29)35(32,33)19-21-12-6-3-7-13-21)28(31)34-27(22-14-8-4-9-15-22)23-16-10-5-11-17-23/h3-17,25,27H,18-19H2,1-2H3/t25-/m1/s1. The van der Waals surface area contributed by atoms with E-state index in [2.05, 4.69) is 0 Å². The Morgan fingerprint density at radius 1 is 0.886 bits per heavy atom. The van der Waals surface area contributed by atoms with Gasteiger partial charge in [0.1, 0.15) is 11.1 Å². The summed E-state index contributed by atoms with van der Waals surface area (Å²) < 4.78 is 32.3. The average Bonchev–Trinajstić information content (AvgIpc) is 2.85. The van der Waals surface area contributed by atoms with Gasteiger partial charge in [-0.25, -0.2) is 13.2 Å². The highest BCUT2D eigenvalue weighted by Gasteiger charge is 2.49. The molecule has 0 saturated carbocycles. The summed E-state index contributed by atoms with van der Waals surface area (Å²) in [4.78, 5) is 27.2. The molecule has 1 aliphatic rings. The van der Waals surface area contributed by atoms with Crippen molar-refractivity contribution in [3.05, 3.63) is 119 Å². The van der Waals surface area contributed by atoms with Crippen molar-refractivity contribution in [1.82, 2.24) is 4.90 Å². The zero-order valence-electron chi connectivity index (χ0n) is 19.6. The lowest BCUT2D eigenvalue weighted by Crippen LogP contribution is -2.57. The Morgan fingerprint density at radius 3 is 1.83 bits per heavy atom. The number of likely N-dealkylation sites (tertiary alicyclic amines) is 1. The highest BCUT2D eigenvalue weighted by Crippen LogP contribution is 2.35. The van der Waals surface area contributed by atoms with Crippen molar-refractivity contribution in [2.75, 3.05) is 0 Å². The topological polar surface area (TPSA) is 80.8 Å². The first-order valence-electron chi connectivity index (χ1n) is 11.3. The summed E-state index contributed by atoms with van der Waals surface area (Å²) in [6.07, 6.45) is -0.880. The summed E-state index contributed by atoms with van der Waals surface area (Å²) in [6.45, 7) is 3.34. The van der Waals surface area contributed by atoms with Crippen molar-refractivity contribution >= 4 is 21.7 Å². The Bertz CT molecular complexity index is 1290. The van der Waals surface area contributed by atoms with Gasteiger partial charge in [-0.3, -0.25) is 9.69 Å². The Kier molecular flexibility index (Phi) is 7.17. The summed E-state index contributed by atoms with van der Waals surface area (Å²) >= 11 is 0. The van der Waals surface area contributed by atoms with Crippen molar-refractivity contribution in [3.63, 3.8) is 0 Å². The van der Waals surface area contributed by atoms with Gasteiger partial charge in [0.05, 0.1) is 12.2 Å². The molecule has 1 fully saturated rings. The summed E-state index contributed by atoms with van der Waals surface area (Å²) in [5, 5.41) is -1.11. The fourth-order valence-electron chi connectivity index (χ4n) is 4.14. The molecule has 1 atom stereocenters. The van der Waals surface area contributed by atoms with Crippen LogP contribution < -0.4 is 0 Å². The maximum Gasteiger partial charge on any atom is 0.355 e. The van der Waals surface area contributed by atoms with E-state index < -0.39 is 33.2 Å². The van der Waals surface area contributed by atoms with Crippen molar-refractivity contribution < 1.29 is 22.7 Å². The largest absolute Gasteiger partial charge is 0.448 e. The van der Waals surface area contributed by atoms with E-state index >= 15 is 0 Å². The molecule has 35 heavy (non-hydrogen) atoms. The summed E-state index contributed by atoms with van der Waals surface area (Å²) in [6, 6.07) is 27.4. The van der Waals surface area contributed by atoms with E-state index in [9.17, 15) is 18.0 Å². The highest BCUT2D eigenvalue weighted by atomic mass is 32.2. The molecular weight excluding hydrogens is 462 g/mol. The number of allylic oxidation sites excluding steroid dienone is 1. The zero-order chi connectivity index (χ0) is 25.0. The molecule has 1 saturated heterocycles. The predicted molar refractivity (Wildman–Crippen MR) is 134 cm³/mol. The van der Waals surface area contributed by atoms with Gasteiger partial charge in [-0.2, -0.15) is 0 Å². The van der Waals surface area contributed by atoms with Crippen LogP contribution in [0.4, 0.5) is 0 Å². The third-order valence-corrected chi connectivity index (χ3v) is 7.81. The molecule has 4 rings (SSSR count). The number of rotatable bonds is 8. The van der Waals surface area contributed by atoms with E-state index in [1.54, 1.807) is 38.1 Å². The average molecular weight is 490 g/mol. The Hall–Kier alpha value is -3.71. The Labute approximate surface area is 205 Å². The molecule has 0 spiro atoms. The number of carbonyl (C=O) groups is 2. The van der Waals surface area contributed by atoms with Gasteiger partial charge in [-0.15, -0.1) is 0 Å². The summed E-state index contributed by atoms with van der Waals surface area (Å²) in [5.41, 5.74) is 2.63. The van der Waals surface area contributed by atoms with Gasteiger partial charge in [0.2, 0.25) is 5.91 Å². The van der Waals surface area contributed by atoms with E-state index in [1.165, 1.54) is 0 Å². The highest BCUT2D eigenvalue weighted by molar-refractivity contribution is 7.91. The molecule has 3 aromatic rings. The normalized spacial score (nSPS) is 15.5. The van der Waals surface area contributed by atoms with Crippen molar-refractivity contribution in [3.8, 4) is 0 Å². The first kappa shape index (κ1) is 24.4. The van der Waals surface area contributed by atoms with Crippen LogP contribution in [0.2, 0.25) is 0 Å². The number of β-lactam (4-membered cyclic amide) rings is 1. The Morgan fingerprint density at radius 2 is 1.37 bits per heavy atom. The number of nitrogens with zero attached hydrogens (tertiary/aromatic N) is 1. The van der Waals surface area contributed by atoms with E-state index in [0.29, 0.717) is 11.1 Å². The molecule has 0 aromatic heterocycles. The smallest absolute Gasteiger partial charge is 0.355 e. The van der Waals surface area contributed by atoms with Gasteiger partial charge < -0.3 is 4.74 Å². The molecule has 6 nitrogen and oxygen atoms in total. The lowest BCUT2D eigenvalue weighted by atomic mass is 10.0. The second kappa shape index (κ2) is 10.3. The summed E-state index contributed by atoms with van der Waals surface area (Å²) in [5.74, 6) is -1.38. The van der Waals surface area contributed by atoms with E-state index in [4.69, 9.17) is 4.74 Å². The molecule has 7 heteroatoms. The first-order chi connectivity index (χ1) is 16.8. The van der Waals surface area contributed by atoms with Crippen molar-refractivity contribution in [2.24, 2.45) is 0 Å². The molecule has 0 N–H and O–H groups in total. The fraction of sp³-hybridized carbons (Fsp3) is 0.214. The number of benzene rings is 3. The number of hydrogen-bond acceptors (Lipinski definition) is 5. The minimum Gasteiger partial charge on any atom is -0.448 e. The lowest BCUT2D eigenvalue weighted by molar-refractivity contribution is -0.151. The molecule has 3 aromatic carbocycles. The maximum absolute atomic E-state index is 13.5. The number of esters is 1. The molecular formula is C28H27NO5S. The first-order valence-corrected chi connectivity index (χ1v) is 13.1. The minimum absolute atomic E-state index is 0.0280. The van der Waals surface area contributed by atoms with Crippen LogP contribution in [0.1, 0.15) is 43.1 Å². The second-order valence-corrected chi connectivity index (χ2v) is 10.8. The van der Waals surface area contributed by atoms with E-state index in [1.807, 2.05) is 66.7 Å². The predicted octanol–water partition coefficient (Wildman–Crippen LogP) is 4.79. The molecule has 180 valence electrons. The van der Waals surface area contributed by atoms with Crippen LogP contribution in [0.15, 0.2) is 102 Å². The number of amides is 1. The second-order valence-electron chi connectivity index (χ2n) is 8.67. The van der Waals surface area contributed by atoms with Crippen LogP contribution in [-0.4, -0.2) is 30.6 Å². The molecule has 1 heterocycles. The van der Waals surface area contributed by atoms with Gasteiger partial charge in [0.15, 0.2) is 15.9 Å². The number of hydrogen-bond donors (Lipinski definition) is 0. The molecule has 1 aliphatic heterocycles. The van der Waals surface area contributed by atoms with Crippen LogP contribution in [0, 0.1) is 0 Å². The quantitative estimate of drug-likeness (QED) is 0.258. The van der Waals surface area contributed by atoms with Gasteiger partial charge in [-0.05, 0) is 36.1 Å². The van der Waals surface area contributed by atoms with Crippen molar-refractivity contribution in [2.45, 2.75) is 37.5 Å². The molecule has 1 amide bonds.